The molecule has 0 unspecified atom stereocenters. The van der Waals surface area contributed by atoms with Gasteiger partial charge in [-0.25, -0.2) is 0 Å². The highest BCUT2D eigenvalue weighted by Gasteiger charge is 2.23. The van der Waals surface area contributed by atoms with E-state index in [1.165, 1.54) is 0 Å². The Hall–Kier alpha value is -0.370. The number of rotatable bonds is 3. The summed E-state index contributed by atoms with van der Waals surface area (Å²) in [5.41, 5.74) is 5.22. The molecule has 2 heteroatoms. The molecule has 0 bridgehead atoms. The van der Waals surface area contributed by atoms with Crippen LogP contribution in [0.2, 0.25) is 0 Å². The zero-order valence-corrected chi connectivity index (χ0v) is 8.90. The second kappa shape index (κ2) is 3.56. The fraction of sp³-hybridized carbons (Fsp3) is 0.900. The van der Waals surface area contributed by atoms with E-state index in [2.05, 4.69) is 20.8 Å². The Morgan fingerprint density at radius 2 is 1.58 bits per heavy atom. The topological polar surface area (TPSA) is 43.1 Å². The third kappa shape index (κ3) is 5.30. The van der Waals surface area contributed by atoms with Gasteiger partial charge in [-0.3, -0.25) is 4.79 Å². The molecule has 0 atom stereocenters. The van der Waals surface area contributed by atoms with Crippen molar-refractivity contribution in [1.82, 2.24) is 0 Å². The average Bonchev–Trinajstić information content (AvgIpc) is 1.78. The van der Waals surface area contributed by atoms with Crippen molar-refractivity contribution in [3.05, 3.63) is 0 Å². The molecule has 0 aromatic heterocycles. The summed E-state index contributed by atoms with van der Waals surface area (Å²) in [6.45, 7) is 9.91. The summed E-state index contributed by atoms with van der Waals surface area (Å²) in [7, 11) is 0. The molecule has 0 heterocycles. The monoisotopic (exact) mass is 171 g/mol. The fourth-order valence-electron chi connectivity index (χ4n) is 0.811. The van der Waals surface area contributed by atoms with Gasteiger partial charge < -0.3 is 5.73 Å². The van der Waals surface area contributed by atoms with Crippen LogP contribution in [0, 0.1) is 5.41 Å². The first-order chi connectivity index (χ1) is 5.13. The van der Waals surface area contributed by atoms with Crippen molar-refractivity contribution in [3.8, 4) is 0 Å². The minimum Gasteiger partial charge on any atom is -0.319 e. The number of carbonyl (C=O) groups excluding carboxylic acids is 1. The molecular weight excluding hydrogens is 150 g/mol. The lowest BCUT2D eigenvalue weighted by Crippen LogP contribution is -2.41. The summed E-state index contributed by atoms with van der Waals surface area (Å²) in [6, 6.07) is 0. The first-order valence-corrected chi connectivity index (χ1v) is 4.45. The van der Waals surface area contributed by atoms with E-state index < -0.39 is 5.54 Å². The summed E-state index contributed by atoms with van der Waals surface area (Å²) < 4.78 is 0. The molecule has 0 aliphatic carbocycles. The Kier molecular flexibility index (Phi) is 3.45. The highest BCUT2D eigenvalue weighted by Crippen LogP contribution is 2.21. The molecule has 72 valence electrons. The minimum absolute atomic E-state index is 0.150. The van der Waals surface area contributed by atoms with Crippen molar-refractivity contribution in [1.29, 1.82) is 0 Å². The van der Waals surface area contributed by atoms with Crippen LogP contribution in [0.1, 0.15) is 47.5 Å². The maximum atomic E-state index is 11.4. The lowest BCUT2D eigenvalue weighted by atomic mass is 9.86. The molecule has 0 aromatic carbocycles. The lowest BCUT2D eigenvalue weighted by molar-refractivity contribution is -0.123. The van der Waals surface area contributed by atoms with Crippen molar-refractivity contribution in [2.24, 2.45) is 11.1 Å². The van der Waals surface area contributed by atoms with Crippen LogP contribution in [-0.2, 0) is 4.79 Å². The number of hydrogen-bond acceptors (Lipinski definition) is 2. The van der Waals surface area contributed by atoms with E-state index in [4.69, 9.17) is 5.73 Å². The van der Waals surface area contributed by atoms with Gasteiger partial charge in [-0.2, -0.15) is 0 Å². The summed E-state index contributed by atoms with van der Waals surface area (Å²) >= 11 is 0. The van der Waals surface area contributed by atoms with Gasteiger partial charge in [0.1, 0.15) is 0 Å². The van der Waals surface area contributed by atoms with Crippen LogP contribution in [0.25, 0.3) is 0 Å². The van der Waals surface area contributed by atoms with Gasteiger partial charge in [-0.15, -0.1) is 0 Å². The van der Waals surface area contributed by atoms with Crippen molar-refractivity contribution in [2.75, 3.05) is 0 Å². The van der Waals surface area contributed by atoms with E-state index in [0.717, 1.165) is 6.42 Å². The second-order valence-corrected chi connectivity index (χ2v) is 5.21. The van der Waals surface area contributed by atoms with Gasteiger partial charge in [0.25, 0.3) is 0 Å². The van der Waals surface area contributed by atoms with Gasteiger partial charge >= 0.3 is 0 Å². The Balaban J connectivity index is 3.90. The maximum Gasteiger partial charge on any atom is 0.152 e. The predicted molar refractivity (Wildman–Crippen MR) is 52.0 cm³/mol. The van der Waals surface area contributed by atoms with Crippen molar-refractivity contribution in [2.45, 2.75) is 53.0 Å². The summed E-state index contributed by atoms with van der Waals surface area (Å²) in [4.78, 5) is 11.4. The molecule has 0 radical (unpaired) electrons. The van der Waals surface area contributed by atoms with Crippen LogP contribution < -0.4 is 5.73 Å². The zero-order valence-electron chi connectivity index (χ0n) is 8.90. The van der Waals surface area contributed by atoms with Crippen LogP contribution >= 0.6 is 0 Å². The number of hydrogen-bond donors (Lipinski definition) is 1. The molecular formula is C10H21NO. The molecule has 0 saturated heterocycles. The van der Waals surface area contributed by atoms with Crippen molar-refractivity contribution < 1.29 is 4.79 Å². The molecule has 0 aromatic rings. The summed E-state index contributed by atoms with van der Waals surface area (Å²) in [5.74, 6) is 0.150. The minimum atomic E-state index is -0.661. The van der Waals surface area contributed by atoms with Gasteiger partial charge in [0.05, 0.1) is 5.54 Å². The highest BCUT2D eigenvalue weighted by molar-refractivity contribution is 5.87. The second-order valence-electron chi connectivity index (χ2n) is 5.21. The Morgan fingerprint density at radius 3 is 1.83 bits per heavy atom. The predicted octanol–water partition coefficient (Wildman–Crippen LogP) is 2.12. The average molecular weight is 171 g/mol. The Labute approximate surface area is 75.5 Å². The van der Waals surface area contributed by atoms with Gasteiger partial charge in [0, 0.05) is 6.42 Å². The lowest BCUT2D eigenvalue weighted by Gasteiger charge is -2.21. The Morgan fingerprint density at radius 1 is 1.17 bits per heavy atom. The number of Topliss-reactive ketones (excluding diaryl/α,β-unsaturated/α-hetero) is 1. The van der Waals surface area contributed by atoms with Crippen LogP contribution in [0.4, 0.5) is 0 Å². The molecule has 2 nitrogen and oxygen atoms in total. The van der Waals surface area contributed by atoms with Gasteiger partial charge in [0.2, 0.25) is 0 Å². The number of carbonyl (C=O) groups is 1. The van der Waals surface area contributed by atoms with E-state index in [1.54, 1.807) is 13.8 Å². The quantitative estimate of drug-likeness (QED) is 0.706. The molecule has 0 amide bonds. The number of nitrogens with two attached hydrogens (primary N) is 1. The van der Waals surface area contributed by atoms with Crippen molar-refractivity contribution in [3.63, 3.8) is 0 Å². The van der Waals surface area contributed by atoms with Crippen molar-refractivity contribution >= 4 is 5.78 Å². The molecule has 0 fully saturated rings. The first-order valence-electron chi connectivity index (χ1n) is 4.45. The third-order valence-corrected chi connectivity index (χ3v) is 1.82. The van der Waals surface area contributed by atoms with Gasteiger partial charge in [0.15, 0.2) is 5.78 Å². The standard InChI is InChI=1S/C10H21NO/c1-9(2,3)7-6-8(12)10(4,5)11/h6-7,11H2,1-5H3. The van der Waals surface area contributed by atoms with E-state index in [1.807, 2.05) is 0 Å². The molecule has 12 heavy (non-hydrogen) atoms. The van der Waals surface area contributed by atoms with Crippen LogP contribution in [-0.4, -0.2) is 11.3 Å². The van der Waals surface area contributed by atoms with E-state index in [-0.39, 0.29) is 11.2 Å². The van der Waals surface area contributed by atoms with Crippen LogP contribution in [0.15, 0.2) is 0 Å². The van der Waals surface area contributed by atoms with E-state index in [0.29, 0.717) is 6.42 Å². The highest BCUT2D eigenvalue weighted by atomic mass is 16.1. The maximum absolute atomic E-state index is 11.4. The van der Waals surface area contributed by atoms with E-state index in [9.17, 15) is 4.79 Å². The zero-order chi connectivity index (χ0) is 9.99. The van der Waals surface area contributed by atoms with Crippen LogP contribution in [0.3, 0.4) is 0 Å². The summed E-state index contributed by atoms with van der Waals surface area (Å²) in [5, 5.41) is 0. The molecule has 0 saturated carbocycles. The Bertz CT molecular complexity index is 160. The molecule has 2 N–H and O–H groups in total. The number of ketones is 1. The molecule has 0 rings (SSSR count). The van der Waals surface area contributed by atoms with Gasteiger partial charge in [-0.1, -0.05) is 20.8 Å². The third-order valence-electron chi connectivity index (χ3n) is 1.82. The fourth-order valence-corrected chi connectivity index (χ4v) is 0.811. The molecule has 0 spiro atoms. The molecule has 0 aliphatic rings. The normalized spacial score (nSPS) is 13.2. The van der Waals surface area contributed by atoms with Crippen LogP contribution in [0.5, 0.6) is 0 Å². The van der Waals surface area contributed by atoms with E-state index >= 15 is 0 Å². The SMILES string of the molecule is CC(C)(C)CCC(=O)C(C)(C)N. The first kappa shape index (κ1) is 11.6. The smallest absolute Gasteiger partial charge is 0.152 e. The largest absolute Gasteiger partial charge is 0.319 e. The summed E-state index contributed by atoms with van der Waals surface area (Å²) in [6.07, 6.45) is 1.50. The van der Waals surface area contributed by atoms with Gasteiger partial charge in [-0.05, 0) is 25.7 Å². The molecule has 0 aliphatic heterocycles.